The van der Waals surface area contributed by atoms with Gasteiger partial charge in [0.25, 0.3) is 0 Å². The highest BCUT2D eigenvalue weighted by Gasteiger charge is 2.55. The Bertz CT molecular complexity index is 489. The topological polar surface area (TPSA) is 46.5 Å². The SMILES string of the molecule is CCC(c1ccc2c(c1)CCO2)C1(C(=O)O)CC1. The quantitative estimate of drug-likeness (QED) is 0.888. The minimum Gasteiger partial charge on any atom is -0.493 e. The van der Waals surface area contributed by atoms with Crippen molar-refractivity contribution in [3.8, 4) is 5.75 Å². The lowest BCUT2D eigenvalue weighted by atomic mass is 9.80. The number of aliphatic carboxylic acids is 1. The van der Waals surface area contributed by atoms with E-state index in [2.05, 4.69) is 13.0 Å². The van der Waals surface area contributed by atoms with E-state index in [9.17, 15) is 9.90 Å². The molecule has 0 aromatic heterocycles. The zero-order valence-corrected chi connectivity index (χ0v) is 10.6. The maximum absolute atomic E-state index is 11.5. The third kappa shape index (κ3) is 1.61. The van der Waals surface area contributed by atoms with Crippen molar-refractivity contribution in [2.24, 2.45) is 5.41 Å². The summed E-state index contributed by atoms with van der Waals surface area (Å²) in [6, 6.07) is 6.19. The fourth-order valence-corrected chi connectivity index (χ4v) is 3.21. The molecule has 18 heavy (non-hydrogen) atoms. The number of hydrogen-bond acceptors (Lipinski definition) is 2. The van der Waals surface area contributed by atoms with Gasteiger partial charge in [-0.15, -0.1) is 0 Å². The van der Waals surface area contributed by atoms with Gasteiger partial charge in [0.1, 0.15) is 5.75 Å². The molecule has 1 aromatic carbocycles. The molecule has 1 aromatic rings. The largest absolute Gasteiger partial charge is 0.493 e. The number of rotatable bonds is 4. The van der Waals surface area contributed by atoms with Crippen molar-refractivity contribution in [3.05, 3.63) is 29.3 Å². The van der Waals surface area contributed by atoms with E-state index in [4.69, 9.17) is 4.74 Å². The summed E-state index contributed by atoms with van der Waals surface area (Å²) in [4.78, 5) is 11.5. The maximum atomic E-state index is 11.5. The highest BCUT2D eigenvalue weighted by atomic mass is 16.5. The van der Waals surface area contributed by atoms with Crippen molar-refractivity contribution in [2.45, 2.75) is 38.5 Å². The van der Waals surface area contributed by atoms with E-state index in [-0.39, 0.29) is 5.92 Å². The predicted octanol–water partition coefficient (Wildman–Crippen LogP) is 2.98. The molecule has 0 spiro atoms. The van der Waals surface area contributed by atoms with E-state index in [0.29, 0.717) is 0 Å². The first-order chi connectivity index (χ1) is 8.67. The number of carbonyl (C=O) groups is 1. The first-order valence-electron chi connectivity index (χ1n) is 6.66. The average molecular weight is 246 g/mol. The number of benzene rings is 1. The number of hydrogen-bond donors (Lipinski definition) is 1. The summed E-state index contributed by atoms with van der Waals surface area (Å²) in [5.41, 5.74) is 1.90. The molecule has 1 atom stereocenters. The Hall–Kier alpha value is -1.51. The second kappa shape index (κ2) is 4.01. The van der Waals surface area contributed by atoms with Gasteiger partial charge in [-0.25, -0.2) is 0 Å². The Kier molecular flexibility index (Phi) is 2.58. The second-order valence-corrected chi connectivity index (χ2v) is 5.39. The molecule has 0 amide bonds. The molecule has 0 radical (unpaired) electrons. The molecular formula is C15H18O3. The van der Waals surface area contributed by atoms with Gasteiger partial charge >= 0.3 is 5.97 Å². The predicted molar refractivity (Wildman–Crippen MR) is 68.0 cm³/mol. The van der Waals surface area contributed by atoms with Gasteiger partial charge in [-0.05, 0) is 42.4 Å². The van der Waals surface area contributed by atoms with E-state index < -0.39 is 11.4 Å². The zero-order chi connectivity index (χ0) is 12.8. The molecule has 1 aliphatic heterocycles. The van der Waals surface area contributed by atoms with Gasteiger partial charge in [0.15, 0.2) is 0 Å². The van der Waals surface area contributed by atoms with E-state index in [1.807, 2.05) is 12.1 Å². The van der Waals surface area contributed by atoms with Crippen LogP contribution in [0.25, 0.3) is 0 Å². The summed E-state index contributed by atoms with van der Waals surface area (Å²) >= 11 is 0. The van der Waals surface area contributed by atoms with Gasteiger partial charge in [-0.3, -0.25) is 4.79 Å². The van der Waals surface area contributed by atoms with Crippen molar-refractivity contribution < 1.29 is 14.6 Å². The zero-order valence-electron chi connectivity index (χ0n) is 10.6. The van der Waals surface area contributed by atoms with Gasteiger partial charge in [-0.1, -0.05) is 19.1 Å². The smallest absolute Gasteiger partial charge is 0.310 e. The molecule has 96 valence electrons. The Labute approximate surface area is 107 Å². The van der Waals surface area contributed by atoms with Gasteiger partial charge in [-0.2, -0.15) is 0 Å². The van der Waals surface area contributed by atoms with Gasteiger partial charge < -0.3 is 9.84 Å². The standard InChI is InChI=1S/C15H18O3/c1-2-12(15(6-7-15)14(16)17)10-3-4-13-11(9-10)5-8-18-13/h3-4,9,12H,2,5-8H2,1H3,(H,16,17). The van der Waals surface area contributed by atoms with E-state index >= 15 is 0 Å². The third-order valence-electron chi connectivity index (χ3n) is 4.41. The lowest BCUT2D eigenvalue weighted by Gasteiger charge is -2.23. The van der Waals surface area contributed by atoms with Crippen LogP contribution in [-0.2, 0) is 11.2 Å². The minimum atomic E-state index is -0.633. The fraction of sp³-hybridized carbons (Fsp3) is 0.533. The first-order valence-corrected chi connectivity index (χ1v) is 6.66. The summed E-state index contributed by atoms with van der Waals surface area (Å²) in [6.45, 7) is 2.83. The Morgan fingerprint density at radius 3 is 2.89 bits per heavy atom. The summed E-state index contributed by atoms with van der Waals surface area (Å²) in [5, 5.41) is 9.44. The van der Waals surface area contributed by atoms with Crippen LogP contribution in [0.1, 0.15) is 43.2 Å². The summed E-state index contributed by atoms with van der Waals surface area (Å²) in [7, 11) is 0. The summed E-state index contributed by atoms with van der Waals surface area (Å²) in [5.74, 6) is 0.473. The lowest BCUT2D eigenvalue weighted by Crippen LogP contribution is -2.23. The van der Waals surface area contributed by atoms with Crippen LogP contribution in [0, 0.1) is 5.41 Å². The molecule has 1 saturated carbocycles. The van der Waals surface area contributed by atoms with Crippen LogP contribution in [0.4, 0.5) is 0 Å². The molecule has 0 saturated heterocycles. The molecule has 0 bridgehead atoms. The van der Waals surface area contributed by atoms with Crippen molar-refractivity contribution in [2.75, 3.05) is 6.61 Å². The van der Waals surface area contributed by atoms with Crippen molar-refractivity contribution in [3.63, 3.8) is 0 Å². The summed E-state index contributed by atoms with van der Waals surface area (Å²) < 4.78 is 5.50. The molecule has 3 rings (SSSR count). The van der Waals surface area contributed by atoms with Gasteiger partial charge in [0.2, 0.25) is 0 Å². The van der Waals surface area contributed by atoms with Crippen LogP contribution in [0.3, 0.4) is 0 Å². The highest BCUT2D eigenvalue weighted by molar-refractivity contribution is 5.79. The van der Waals surface area contributed by atoms with Crippen LogP contribution in [0.5, 0.6) is 5.75 Å². The molecular weight excluding hydrogens is 228 g/mol. The fourth-order valence-electron chi connectivity index (χ4n) is 3.21. The molecule has 2 aliphatic rings. The third-order valence-corrected chi connectivity index (χ3v) is 4.41. The molecule has 1 fully saturated rings. The Morgan fingerprint density at radius 2 is 2.28 bits per heavy atom. The Morgan fingerprint density at radius 1 is 1.50 bits per heavy atom. The van der Waals surface area contributed by atoms with E-state index in [0.717, 1.165) is 38.0 Å². The number of ether oxygens (including phenoxy) is 1. The van der Waals surface area contributed by atoms with Crippen LogP contribution in [0.15, 0.2) is 18.2 Å². The number of carboxylic acid groups (broad SMARTS) is 1. The van der Waals surface area contributed by atoms with Crippen molar-refractivity contribution in [1.29, 1.82) is 0 Å². The van der Waals surface area contributed by atoms with Crippen LogP contribution in [0.2, 0.25) is 0 Å². The Balaban J connectivity index is 1.95. The minimum absolute atomic E-state index is 0.140. The second-order valence-electron chi connectivity index (χ2n) is 5.39. The molecule has 1 unspecified atom stereocenters. The lowest BCUT2D eigenvalue weighted by molar-refractivity contribution is -0.144. The van der Waals surface area contributed by atoms with Crippen molar-refractivity contribution >= 4 is 5.97 Å². The van der Waals surface area contributed by atoms with Crippen LogP contribution >= 0.6 is 0 Å². The molecule has 1 heterocycles. The monoisotopic (exact) mass is 246 g/mol. The molecule has 3 nitrogen and oxygen atoms in total. The first kappa shape index (κ1) is 11.6. The van der Waals surface area contributed by atoms with Crippen molar-refractivity contribution in [1.82, 2.24) is 0 Å². The summed E-state index contributed by atoms with van der Waals surface area (Å²) in [6.07, 6.45) is 3.45. The van der Waals surface area contributed by atoms with Crippen LogP contribution < -0.4 is 4.74 Å². The van der Waals surface area contributed by atoms with Crippen LogP contribution in [-0.4, -0.2) is 17.7 Å². The normalized spacial score (nSPS) is 20.9. The molecule has 3 heteroatoms. The number of carboxylic acids is 1. The number of fused-ring (bicyclic) bond motifs is 1. The maximum Gasteiger partial charge on any atom is 0.310 e. The molecule has 1 aliphatic carbocycles. The van der Waals surface area contributed by atoms with Gasteiger partial charge in [0, 0.05) is 6.42 Å². The highest BCUT2D eigenvalue weighted by Crippen LogP contribution is 2.57. The average Bonchev–Trinajstić information content (AvgIpc) is 3.02. The molecule has 1 N–H and O–H groups in total. The van der Waals surface area contributed by atoms with E-state index in [1.165, 1.54) is 11.1 Å². The van der Waals surface area contributed by atoms with E-state index in [1.54, 1.807) is 0 Å². The van der Waals surface area contributed by atoms with Gasteiger partial charge in [0.05, 0.1) is 12.0 Å².